The minimum absolute atomic E-state index is 0.875. The Morgan fingerprint density at radius 2 is 2.38 bits per heavy atom. The van der Waals surface area contributed by atoms with Crippen LogP contribution in [0.15, 0.2) is 29.5 Å². The quantitative estimate of drug-likeness (QED) is 0.424. The Morgan fingerprint density at radius 1 is 1.75 bits per heavy atom. The van der Waals surface area contributed by atoms with Gasteiger partial charge in [0.05, 0.1) is 5.70 Å². The Hall–Kier alpha value is -1.05. The van der Waals surface area contributed by atoms with E-state index in [4.69, 9.17) is 0 Å². The standard InChI is InChI=1S/C6H10N2/c1-4-6(8-3)5-7-2/h4-5,8H,1-2H2,3H3/b6-5+. The first-order valence-corrected chi connectivity index (χ1v) is 2.31. The normalized spacial score (nSPS) is 10.4. The minimum atomic E-state index is 0.875. The summed E-state index contributed by atoms with van der Waals surface area (Å²) >= 11 is 0. The van der Waals surface area contributed by atoms with Crippen LogP contribution in [0.5, 0.6) is 0 Å². The van der Waals surface area contributed by atoms with Gasteiger partial charge in [0, 0.05) is 13.2 Å². The third-order valence-electron chi connectivity index (χ3n) is 0.739. The van der Waals surface area contributed by atoms with Gasteiger partial charge in [0.25, 0.3) is 0 Å². The van der Waals surface area contributed by atoms with Crippen molar-refractivity contribution in [2.75, 3.05) is 7.05 Å². The summed E-state index contributed by atoms with van der Waals surface area (Å²) in [6.45, 7) is 6.81. The molecule has 0 bridgehead atoms. The van der Waals surface area contributed by atoms with Crippen molar-refractivity contribution in [3.8, 4) is 0 Å². The molecule has 0 aromatic carbocycles. The van der Waals surface area contributed by atoms with E-state index in [1.165, 1.54) is 0 Å². The molecular formula is C6H10N2. The van der Waals surface area contributed by atoms with Crippen LogP contribution < -0.4 is 5.32 Å². The number of rotatable bonds is 3. The molecule has 1 N–H and O–H groups in total. The van der Waals surface area contributed by atoms with E-state index < -0.39 is 0 Å². The van der Waals surface area contributed by atoms with Gasteiger partial charge in [-0.05, 0) is 12.8 Å². The van der Waals surface area contributed by atoms with Crippen LogP contribution in [0.4, 0.5) is 0 Å². The first-order valence-electron chi connectivity index (χ1n) is 2.31. The predicted octanol–water partition coefficient (Wildman–Crippen LogP) is 0.934. The fraction of sp³-hybridized carbons (Fsp3) is 0.167. The van der Waals surface area contributed by atoms with Gasteiger partial charge in [0.15, 0.2) is 0 Å². The SMILES string of the molecule is C=C/C(=C\N=C)NC. The zero-order valence-corrected chi connectivity index (χ0v) is 5.02. The summed E-state index contributed by atoms with van der Waals surface area (Å²) in [4.78, 5) is 3.53. The van der Waals surface area contributed by atoms with Crippen molar-refractivity contribution in [1.82, 2.24) is 5.32 Å². The first kappa shape index (κ1) is 6.95. The van der Waals surface area contributed by atoms with Gasteiger partial charge >= 0.3 is 0 Å². The molecule has 0 fully saturated rings. The molecule has 0 rings (SSSR count). The molecule has 44 valence electrons. The second kappa shape index (κ2) is 4.12. The van der Waals surface area contributed by atoms with Crippen molar-refractivity contribution in [3.05, 3.63) is 24.6 Å². The summed E-state index contributed by atoms with van der Waals surface area (Å²) in [5, 5.41) is 2.86. The van der Waals surface area contributed by atoms with Gasteiger partial charge in [-0.2, -0.15) is 0 Å². The fourth-order valence-corrected chi connectivity index (χ4v) is 0.318. The highest BCUT2D eigenvalue weighted by Gasteiger charge is 1.77. The first-order chi connectivity index (χ1) is 3.85. The smallest absolute Gasteiger partial charge is 0.0517 e. The zero-order valence-electron chi connectivity index (χ0n) is 5.02. The van der Waals surface area contributed by atoms with Gasteiger partial charge in [-0.25, -0.2) is 0 Å². The summed E-state index contributed by atoms with van der Waals surface area (Å²) < 4.78 is 0. The van der Waals surface area contributed by atoms with Gasteiger partial charge in [-0.15, -0.1) is 0 Å². The Bertz CT molecular complexity index is 114. The lowest BCUT2D eigenvalue weighted by Gasteiger charge is -1.93. The lowest BCUT2D eigenvalue weighted by atomic mass is 10.5. The van der Waals surface area contributed by atoms with Crippen molar-refractivity contribution in [3.63, 3.8) is 0 Å². The molecule has 0 radical (unpaired) electrons. The third-order valence-corrected chi connectivity index (χ3v) is 0.739. The van der Waals surface area contributed by atoms with Gasteiger partial charge < -0.3 is 5.32 Å². The predicted molar refractivity (Wildman–Crippen MR) is 36.9 cm³/mol. The van der Waals surface area contributed by atoms with Crippen LogP contribution >= 0.6 is 0 Å². The maximum atomic E-state index is 3.53. The molecule has 0 spiro atoms. The van der Waals surface area contributed by atoms with E-state index in [1.807, 2.05) is 0 Å². The number of allylic oxidation sites excluding steroid dienone is 1. The molecule has 0 aliphatic carbocycles. The molecule has 0 amide bonds. The highest BCUT2D eigenvalue weighted by atomic mass is 14.8. The molecule has 2 nitrogen and oxygen atoms in total. The summed E-state index contributed by atoms with van der Waals surface area (Å²) in [7, 11) is 1.80. The average molecular weight is 110 g/mol. The minimum Gasteiger partial charge on any atom is -0.387 e. The molecule has 0 atom stereocenters. The van der Waals surface area contributed by atoms with Crippen LogP contribution in [-0.4, -0.2) is 13.8 Å². The Labute approximate surface area is 49.6 Å². The summed E-state index contributed by atoms with van der Waals surface area (Å²) in [6, 6.07) is 0. The number of nitrogens with zero attached hydrogens (tertiary/aromatic N) is 1. The molecular weight excluding hydrogens is 100 g/mol. The highest BCUT2D eigenvalue weighted by molar-refractivity contribution is 5.27. The Balaban J connectivity index is 3.84. The number of hydrogen-bond acceptors (Lipinski definition) is 2. The number of likely N-dealkylation sites (N-methyl/N-ethyl adjacent to an activating group) is 1. The van der Waals surface area contributed by atoms with Gasteiger partial charge in [0.2, 0.25) is 0 Å². The van der Waals surface area contributed by atoms with Crippen LogP contribution in [0.1, 0.15) is 0 Å². The molecule has 0 aliphatic heterocycles. The molecule has 0 aromatic heterocycles. The molecule has 0 saturated carbocycles. The van der Waals surface area contributed by atoms with Gasteiger partial charge in [-0.1, -0.05) is 6.58 Å². The lowest BCUT2D eigenvalue weighted by molar-refractivity contribution is 1.03. The zero-order chi connectivity index (χ0) is 6.41. The van der Waals surface area contributed by atoms with Gasteiger partial charge in [0.1, 0.15) is 0 Å². The van der Waals surface area contributed by atoms with Crippen LogP contribution in [0, 0.1) is 0 Å². The third kappa shape index (κ3) is 2.18. The van der Waals surface area contributed by atoms with Crippen LogP contribution in [0.25, 0.3) is 0 Å². The number of aliphatic imine (C=N–C) groups is 1. The molecule has 0 aliphatic rings. The van der Waals surface area contributed by atoms with Crippen molar-refractivity contribution in [2.24, 2.45) is 4.99 Å². The topological polar surface area (TPSA) is 24.4 Å². The van der Waals surface area contributed by atoms with Crippen molar-refractivity contribution in [1.29, 1.82) is 0 Å². The van der Waals surface area contributed by atoms with Crippen molar-refractivity contribution >= 4 is 6.72 Å². The second-order valence-electron chi connectivity index (χ2n) is 1.22. The van der Waals surface area contributed by atoms with E-state index in [0.29, 0.717) is 0 Å². The van der Waals surface area contributed by atoms with Crippen molar-refractivity contribution in [2.45, 2.75) is 0 Å². The lowest BCUT2D eigenvalue weighted by Crippen LogP contribution is -2.01. The summed E-state index contributed by atoms with van der Waals surface area (Å²) in [5.41, 5.74) is 0.875. The monoisotopic (exact) mass is 110 g/mol. The van der Waals surface area contributed by atoms with E-state index in [1.54, 1.807) is 19.3 Å². The summed E-state index contributed by atoms with van der Waals surface area (Å²) in [5.74, 6) is 0. The van der Waals surface area contributed by atoms with Crippen LogP contribution in [-0.2, 0) is 0 Å². The van der Waals surface area contributed by atoms with E-state index in [-0.39, 0.29) is 0 Å². The van der Waals surface area contributed by atoms with E-state index in [9.17, 15) is 0 Å². The maximum Gasteiger partial charge on any atom is 0.0517 e. The molecule has 0 heterocycles. The van der Waals surface area contributed by atoms with E-state index in [2.05, 4.69) is 23.6 Å². The molecule has 8 heavy (non-hydrogen) atoms. The molecule has 2 heteroatoms. The van der Waals surface area contributed by atoms with Crippen molar-refractivity contribution < 1.29 is 0 Å². The largest absolute Gasteiger partial charge is 0.387 e. The van der Waals surface area contributed by atoms with Crippen LogP contribution in [0.2, 0.25) is 0 Å². The fourth-order valence-electron chi connectivity index (χ4n) is 0.318. The number of nitrogens with one attached hydrogen (secondary N) is 1. The average Bonchev–Trinajstić information content (AvgIpc) is 1.83. The molecule has 0 unspecified atom stereocenters. The second-order valence-corrected chi connectivity index (χ2v) is 1.22. The Morgan fingerprint density at radius 3 is 2.50 bits per heavy atom. The molecule has 0 aromatic rings. The van der Waals surface area contributed by atoms with E-state index in [0.717, 1.165) is 5.70 Å². The highest BCUT2D eigenvalue weighted by Crippen LogP contribution is 1.85. The maximum absolute atomic E-state index is 3.53. The van der Waals surface area contributed by atoms with Gasteiger partial charge in [-0.3, -0.25) is 4.99 Å². The Kier molecular flexibility index (Phi) is 3.58. The summed E-state index contributed by atoms with van der Waals surface area (Å²) in [6.07, 6.45) is 3.28. The van der Waals surface area contributed by atoms with Crippen LogP contribution in [0.3, 0.4) is 0 Å². The molecule has 0 saturated heterocycles. The number of hydrogen-bond donors (Lipinski definition) is 1. The van der Waals surface area contributed by atoms with E-state index >= 15 is 0 Å².